The molecule has 4 nitrogen and oxygen atoms in total. The highest BCUT2D eigenvalue weighted by Gasteiger charge is 2.21. The lowest BCUT2D eigenvalue weighted by molar-refractivity contribution is 0.0528. The van der Waals surface area contributed by atoms with E-state index < -0.39 is 11.8 Å². The van der Waals surface area contributed by atoms with Crippen molar-refractivity contribution in [2.75, 3.05) is 12.3 Å². The monoisotopic (exact) mass is 249 g/mol. The first-order valence-corrected chi connectivity index (χ1v) is 5.44. The number of carbonyl (C=O) groups is 1. The number of ether oxygens (including phenoxy) is 1. The molecule has 18 heavy (non-hydrogen) atoms. The third kappa shape index (κ3) is 2.07. The molecule has 1 heterocycles. The Hall–Kier alpha value is -2.30. The van der Waals surface area contributed by atoms with Crippen LogP contribution in [0.4, 0.5) is 10.1 Å². The number of nitrogens with two attached hydrogens (primary N) is 1. The Morgan fingerprint density at radius 1 is 1.44 bits per heavy atom. The topological polar surface area (TPSA) is 65.5 Å². The molecule has 0 amide bonds. The zero-order valence-electron chi connectivity index (χ0n) is 9.77. The van der Waals surface area contributed by atoms with Crippen LogP contribution in [0, 0.1) is 5.82 Å². The molecule has 0 radical (unpaired) electrons. The average Bonchev–Trinajstić information content (AvgIpc) is 2.86. The molecular formula is C13H12FNO3. The maximum atomic E-state index is 13.4. The fourth-order valence-electron chi connectivity index (χ4n) is 1.65. The van der Waals surface area contributed by atoms with Crippen molar-refractivity contribution < 1.29 is 18.3 Å². The van der Waals surface area contributed by atoms with E-state index in [0.717, 1.165) is 0 Å². The van der Waals surface area contributed by atoms with Crippen LogP contribution in [-0.2, 0) is 4.74 Å². The van der Waals surface area contributed by atoms with Crippen LogP contribution in [0.15, 0.2) is 34.9 Å². The number of esters is 1. The highest BCUT2D eigenvalue weighted by molar-refractivity contribution is 6.01. The Morgan fingerprint density at radius 2 is 2.22 bits per heavy atom. The molecule has 0 saturated heterocycles. The van der Waals surface area contributed by atoms with Crippen LogP contribution in [0.5, 0.6) is 0 Å². The summed E-state index contributed by atoms with van der Waals surface area (Å²) in [5.74, 6) is -0.890. The third-order valence-corrected chi connectivity index (χ3v) is 2.46. The van der Waals surface area contributed by atoms with Gasteiger partial charge in [-0.25, -0.2) is 9.18 Å². The standard InChI is InChI=1S/C13H12FNO3/c1-2-17-13(16)11-8(10-4-3-7-18-10)5-6-9(14)12(11)15/h3-7H,2,15H2,1H3. The van der Waals surface area contributed by atoms with Gasteiger partial charge in [0.1, 0.15) is 11.6 Å². The van der Waals surface area contributed by atoms with Crippen LogP contribution in [-0.4, -0.2) is 12.6 Å². The molecule has 0 aliphatic carbocycles. The van der Waals surface area contributed by atoms with Gasteiger partial charge in [0.05, 0.1) is 24.1 Å². The minimum atomic E-state index is -0.666. The van der Waals surface area contributed by atoms with Crippen molar-refractivity contribution in [2.24, 2.45) is 0 Å². The van der Waals surface area contributed by atoms with Gasteiger partial charge in [-0.2, -0.15) is 0 Å². The molecule has 0 spiro atoms. The molecule has 0 atom stereocenters. The van der Waals surface area contributed by atoms with E-state index in [-0.39, 0.29) is 17.9 Å². The van der Waals surface area contributed by atoms with Gasteiger partial charge in [-0.05, 0) is 31.2 Å². The van der Waals surface area contributed by atoms with Gasteiger partial charge in [-0.15, -0.1) is 0 Å². The maximum Gasteiger partial charge on any atom is 0.341 e. The Balaban J connectivity index is 2.60. The number of anilines is 1. The van der Waals surface area contributed by atoms with Crippen LogP contribution >= 0.6 is 0 Å². The molecule has 5 heteroatoms. The summed E-state index contributed by atoms with van der Waals surface area (Å²) in [4.78, 5) is 11.8. The van der Waals surface area contributed by atoms with Gasteiger partial charge in [-0.3, -0.25) is 0 Å². The Bertz CT molecular complexity index is 564. The van der Waals surface area contributed by atoms with Gasteiger partial charge in [0.25, 0.3) is 0 Å². The van der Waals surface area contributed by atoms with Crippen molar-refractivity contribution in [2.45, 2.75) is 6.92 Å². The normalized spacial score (nSPS) is 10.3. The van der Waals surface area contributed by atoms with Crippen molar-refractivity contribution >= 4 is 11.7 Å². The summed E-state index contributed by atoms with van der Waals surface area (Å²) in [5, 5.41) is 0. The van der Waals surface area contributed by atoms with E-state index >= 15 is 0 Å². The van der Waals surface area contributed by atoms with Gasteiger partial charge < -0.3 is 14.9 Å². The van der Waals surface area contributed by atoms with Crippen molar-refractivity contribution in [3.05, 3.63) is 41.9 Å². The molecule has 0 aliphatic heterocycles. The molecule has 94 valence electrons. The van der Waals surface area contributed by atoms with Gasteiger partial charge in [0.15, 0.2) is 0 Å². The van der Waals surface area contributed by atoms with E-state index in [1.807, 2.05) is 0 Å². The molecule has 1 aromatic heterocycles. The first-order chi connectivity index (χ1) is 8.65. The molecule has 0 bridgehead atoms. The molecule has 0 unspecified atom stereocenters. The van der Waals surface area contributed by atoms with Crippen molar-refractivity contribution in [1.82, 2.24) is 0 Å². The number of hydrogen-bond acceptors (Lipinski definition) is 4. The quantitative estimate of drug-likeness (QED) is 0.671. The summed E-state index contributed by atoms with van der Waals surface area (Å²) < 4.78 is 23.5. The fourth-order valence-corrected chi connectivity index (χ4v) is 1.65. The number of carbonyl (C=O) groups excluding carboxylic acids is 1. The molecule has 2 rings (SSSR count). The summed E-state index contributed by atoms with van der Waals surface area (Å²) in [6.07, 6.45) is 1.46. The van der Waals surface area contributed by atoms with Crippen LogP contribution in [0.25, 0.3) is 11.3 Å². The molecule has 0 saturated carbocycles. The molecule has 0 aliphatic rings. The van der Waals surface area contributed by atoms with E-state index in [1.54, 1.807) is 19.1 Å². The minimum absolute atomic E-state index is 0.00759. The summed E-state index contributed by atoms with van der Waals surface area (Å²) >= 11 is 0. The molecule has 1 aromatic carbocycles. The second-order valence-corrected chi connectivity index (χ2v) is 3.58. The van der Waals surface area contributed by atoms with Crippen LogP contribution in [0.2, 0.25) is 0 Å². The number of benzene rings is 1. The average molecular weight is 249 g/mol. The summed E-state index contributed by atoms with van der Waals surface area (Å²) in [6, 6.07) is 5.96. The first-order valence-electron chi connectivity index (χ1n) is 5.44. The van der Waals surface area contributed by atoms with Crippen LogP contribution in [0.3, 0.4) is 0 Å². The third-order valence-electron chi connectivity index (χ3n) is 2.46. The maximum absolute atomic E-state index is 13.4. The lowest BCUT2D eigenvalue weighted by Crippen LogP contribution is -2.11. The van der Waals surface area contributed by atoms with Crippen molar-refractivity contribution in [3.63, 3.8) is 0 Å². The second kappa shape index (κ2) is 4.91. The zero-order chi connectivity index (χ0) is 13.1. The van der Waals surface area contributed by atoms with E-state index in [1.165, 1.54) is 18.4 Å². The van der Waals surface area contributed by atoms with E-state index in [4.69, 9.17) is 14.9 Å². The van der Waals surface area contributed by atoms with Crippen molar-refractivity contribution in [1.29, 1.82) is 0 Å². The lowest BCUT2D eigenvalue weighted by Gasteiger charge is -2.10. The molecular weight excluding hydrogens is 237 g/mol. The van der Waals surface area contributed by atoms with E-state index in [0.29, 0.717) is 11.3 Å². The molecule has 2 aromatic rings. The highest BCUT2D eigenvalue weighted by atomic mass is 19.1. The SMILES string of the molecule is CCOC(=O)c1c(-c2ccco2)ccc(F)c1N. The molecule has 2 N–H and O–H groups in total. The summed E-state index contributed by atoms with van der Waals surface area (Å²) in [6.45, 7) is 1.85. The predicted octanol–water partition coefficient (Wildman–Crippen LogP) is 2.84. The zero-order valence-corrected chi connectivity index (χ0v) is 9.77. The largest absolute Gasteiger partial charge is 0.464 e. The predicted molar refractivity (Wildman–Crippen MR) is 64.5 cm³/mol. The van der Waals surface area contributed by atoms with Gasteiger partial charge in [0, 0.05) is 5.56 Å². The van der Waals surface area contributed by atoms with Gasteiger partial charge in [0.2, 0.25) is 0 Å². The number of furan rings is 1. The fraction of sp³-hybridized carbons (Fsp3) is 0.154. The van der Waals surface area contributed by atoms with Crippen LogP contribution < -0.4 is 5.73 Å². The number of halogens is 1. The summed E-state index contributed by atoms with van der Waals surface area (Å²) in [5.41, 5.74) is 5.78. The van der Waals surface area contributed by atoms with Crippen molar-refractivity contribution in [3.8, 4) is 11.3 Å². The highest BCUT2D eigenvalue weighted by Crippen LogP contribution is 2.30. The van der Waals surface area contributed by atoms with Gasteiger partial charge >= 0.3 is 5.97 Å². The lowest BCUT2D eigenvalue weighted by atomic mass is 10.0. The molecule has 0 fully saturated rings. The smallest absolute Gasteiger partial charge is 0.341 e. The van der Waals surface area contributed by atoms with E-state index in [2.05, 4.69) is 0 Å². The Labute approximate surface area is 103 Å². The number of nitrogen functional groups attached to an aromatic ring is 1. The Morgan fingerprint density at radius 3 is 2.83 bits per heavy atom. The summed E-state index contributed by atoms with van der Waals surface area (Å²) in [7, 11) is 0. The van der Waals surface area contributed by atoms with Gasteiger partial charge in [-0.1, -0.05) is 0 Å². The number of hydrogen-bond donors (Lipinski definition) is 1. The minimum Gasteiger partial charge on any atom is -0.464 e. The number of rotatable bonds is 3. The van der Waals surface area contributed by atoms with E-state index in [9.17, 15) is 9.18 Å². The Kier molecular flexibility index (Phi) is 3.32. The first kappa shape index (κ1) is 12.2. The van der Waals surface area contributed by atoms with Crippen LogP contribution in [0.1, 0.15) is 17.3 Å². The second-order valence-electron chi connectivity index (χ2n) is 3.58.